The number of carbonyl (C=O) groups is 1. The topological polar surface area (TPSA) is 17.1 Å². The molecule has 0 fully saturated rings. The van der Waals surface area contributed by atoms with E-state index in [1.165, 1.54) is 0 Å². The Morgan fingerprint density at radius 1 is 1.30 bits per heavy atom. The molecule has 10 heavy (non-hydrogen) atoms. The summed E-state index contributed by atoms with van der Waals surface area (Å²) in [4.78, 5) is 11.1. The first-order valence-corrected chi connectivity index (χ1v) is 8.80. The molecule has 0 spiro atoms. The highest BCUT2D eigenvalue weighted by atomic mass is 127. The summed E-state index contributed by atoms with van der Waals surface area (Å²) in [5.74, 6) is 0. The summed E-state index contributed by atoms with van der Waals surface area (Å²) in [7, 11) is -0.529. The number of carbonyl (C=O) groups excluding carboxylic acids is 1. The van der Waals surface area contributed by atoms with Crippen LogP contribution >= 0.6 is 21.8 Å². The standard InChI is InChI=1S/C7H7IOSi/c8-10-7(9)6-4-2-1-3-5-6/h1-5H,10H2. The van der Waals surface area contributed by atoms with Gasteiger partial charge in [0.05, 0.1) is 0 Å². The first kappa shape index (κ1) is 7.94. The lowest BCUT2D eigenvalue weighted by molar-refractivity contribution is 0.108. The minimum atomic E-state index is -0.529. The van der Waals surface area contributed by atoms with Crippen LogP contribution in [-0.4, -0.2) is 12.4 Å². The monoisotopic (exact) mass is 262 g/mol. The van der Waals surface area contributed by atoms with Crippen LogP contribution in [0.3, 0.4) is 0 Å². The Balaban J connectivity index is 2.85. The lowest BCUT2D eigenvalue weighted by atomic mass is 10.2. The molecule has 1 aromatic rings. The maximum Gasteiger partial charge on any atom is 0.176 e. The highest BCUT2D eigenvalue weighted by Crippen LogP contribution is 1.99. The van der Waals surface area contributed by atoms with Crippen LogP contribution in [0.2, 0.25) is 0 Å². The lowest BCUT2D eigenvalue weighted by Crippen LogP contribution is -2.01. The van der Waals surface area contributed by atoms with Gasteiger partial charge in [-0.05, 0) is 0 Å². The molecule has 0 aliphatic carbocycles. The summed E-state index contributed by atoms with van der Waals surface area (Å²) in [6.45, 7) is 0. The Bertz CT molecular complexity index is 222. The minimum Gasteiger partial charge on any atom is -0.300 e. The number of hydrogen-bond donors (Lipinski definition) is 0. The quantitative estimate of drug-likeness (QED) is 0.446. The molecule has 0 aliphatic heterocycles. The fourth-order valence-electron chi connectivity index (χ4n) is 0.701. The predicted molar refractivity (Wildman–Crippen MR) is 53.3 cm³/mol. The third-order valence-electron chi connectivity index (χ3n) is 1.22. The maximum atomic E-state index is 11.1. The first-order valence-electron chi connectivity index (χ1n) is 2.99. The maximum absolute atomic E-state index is 11.1. The smallest absolute Gasteiger partial charge is 0.176 e. The molecular weight excluding hydrogens is 255 g/mol. The molecule has 1 rings (SSSR count). The van der Waals surface area contributed by atoms with Gasteiger partial charge in [0.1, 0.15) is 5.41 Å². The molecule has 52 valence electrons. The third-order valence-corrected chi connectivity index (χ3v) is 3.95. The van der Waals surface area contributed by atoms with E-state index in [0.29, 0.717) is 5.41 Å². The molecule has 0 atom stereocenters. The Labute approximate surface area is 74.9 Å². The molecular formula is C7H7IOSi. The average Bonchev–Trinajstić information content (AvgIpc) is 2.05. The van der Waals surface area contributed by atoms with Crippen molar-refractivity contribution in [1.82, 2.24) is 0 Å². The van der Waals surface area contributed by atoms with Gasteiger partial charge in [-0.2, -0.15) is 0 Å². The molecule has 0 aliphatic rings. The number of halogens is 1. The van der Waals surface area contributed by atoms with Gasteiger partial charge in [0.2, 0.25) is 0 Å². The van der Waals surface area contributed by atoms with Crippen molar-refractivity contribution in [1.29, 1.82) is 0 Å². The molecule has 0 bridgehead atoms. The number of benzene rings is 1. The largest absolute Gasteiger partial charge is 0.300 e. The Morgan fingerprint density at radius 2 is 1.90 bits per heavy atom. The zero-order valence-electron chi connectivity index (χ0n) is 5.38. The van der Waals surface area contributed by atoms with E-state index in [0.717, 1.165) is 5.56 Å². The van der Waals surface area contributed by atoms with E-state index in [1.807, 2.05) is 30.3 Å². The summed E-state index contributed by atoms with van der Waals surface area (Å²) < 4.78 is 0. The predicted octanol–water partition coefficient (Wildman–Crippen LogP) is 1.35. The van der Waals surface area contributed by atoms with Crippen LogP contribution in [-0.2, 0) is 0 Å². The number of rotatable bonds is 2. The highest BCUT2D eigenvalue weighted by molar-refractivity contribution is 14.1. The minimum absolute atomic E-state index is 0.334. The van der Waals surface area contributed by atoms with Crippen molar-refractivity contribution in [3.63, 3.8) is 0 Å². The van der Waals surface area contributed by atoms with Crippen LogP contribution in [0.1, 0.15) is 10.4 Å². The summed E-state index contributed by atoms with van der Waals surface area (Å²) in [6.07, 6.45) is 0. The van der Waals surface area contributed by atoms with Gasteiger partial charge in [-0.15, -0.1) is 21.8 Å². The molecule has 0 saturated heterocycles. The zero-order chi connectivity index (χ0) is 7.40. The van der Waals surface area contributed by atoms with E-state index in [1.54, 1.807) is 0 Å². The van der Waals surface area contributed by atoms with Crippen LogP contribution < -0.4 is 0 Å². The fourth-order valence-corrected chi connectivity index (χ4v) is 2.41. The molecule has 0 aromatic heterocycles. The van der Waals surface area contributed by atoms with E-state index in [-0.39, 0.29) is 0 Å². The van der Waals surface area contributed by atoms with Crippen molar-refractivity contribution in [2.75, 3.05) is 0 Å². The summed E-state index contributed by atoms with van der Waals surface area (Å²) in [6, 6.07) is 9.45. The molecule has 3 heteroatoms. The van der Waals surface area contributed by atoms with Gasteiger partial charge in [-0.3, -0.25) is 4.79 Å². The van der Waals surface area contributed by atoms with E-state index in [2.05, 4.69) is 21.8 Å². The molecule has 0 heterocycles. The molecule has 1 nitrogen and oxygen atoms in total. The van der Waals surface area contributed by atoms with Gasteiger partial charge in [-0.1, -0.05) is 30.3 Å². The second-order valence-corrected chi connectivity index (χ2v) is 5.12. The Morgan fingerprint density at radius 3 is 2.40 bits per heavy atom. The van der Waals surface area contributed by atoms with Crippen LogP contribution in [0, 0.1) is 0 Å². The third kappa shape index (κ3) is 1.91. The van der Waals surface area contributed by atoms with Gasteiger partial charge < -0.3 is 0 Å². The highest BCUT2D eigenvalue weighted by Gasteiger charge is 2.00. The van der Waals surface area contributed by atoms with Gasteiger partial charge >= 0.3 is 0 Å². The van der Waals surface area contributed by atoms with Gasteiger partial charge in [0.25, 0.3) is 0 Å². The van der Waals surface area contributed by atoms with Gasteiger partial charge in [0, 0.05) is 5.56 Å². The second kappa shape index (κ2) is 3.87. The average molecular weight is 262 g/mol. The fraction of sp³-hybridized carbons (Fsp3) is 0. The van der Waals surface area contributed by atoms with E-state index in [4.69, 9.17) is 0 Å². The molecule has 0 radical (unpaired) electrons. The first-order chi connectivity index (χ1) is 4.84. The van der Waals surface area contributed by atoms with Crippen molar-refractivity contribution >= 4 is 34.2 Å². The Kier molecular flexibility index (Phi) is 3.08. The molecule has 0 amide bonds. The summed E-state index contributed by atoms with van der Waals surface area (Å²) >= 11 is 2.21. The van der Waals surface area contributed by atoms with Crippen molar-refractivity contribution < 1.29 is 4.79 Å². The molecule has 1 aromatic carbocycles. The normalized spacial score (nSPS) is 10.5. The van der Waals surface area contributed by atoms with Crippen LogP contribution in [0.15, 0.2) is 30.3 Å². The van der Waals surface area contributed by atoms with Crippen molar-refractivity contribution in [3.05, 3.63) is 35.9 Å². The Hall–Kier alpha value is -0.163. The number of hydrogen-bond acceptors (Lipinski definition) is 1. The van der Waals surface area contributed by atoms with Crippen LogP contribution in [0.25, 0.3) is 0 Å². The molecule has 0 saturated carbocycles. The van der Waals surface area contributed by atoms with Crippen LogP contribution in [0.5, 0.6) is 0 Å². The van der Waals surface area contributed by atoms with E-state index < -0.39 is 7.02 Å². The molecule has 0 N–H and O–H groups in total. The van der Waals surface area contributed by atoms with Crippen molar-refractivity contribution in [3.8, 4) is 0 Å². The summed E-state index contributed by atoms with van der Waals surface area (Å²) in [5.41, 5.74) is 0.864. The van der Waals surface area contributed by atoms with Crippen LogP contribution in [0.4, 0.5) is 0 Å². The second-order valence-electron chi connectivity index (χ2n) is 1.92. The SMILES string of the molecule is O=C([SiH2]I)c1ccccc1. The zero-order valence-corrected chi connectivity index (χ0v) is 8.95. The van der Waals surface area contributed by atoms with Gasteiger partial charge in [0.15, 0.2) is 7.02 Å². The van der Waals surface area contributed by atoms with E-state index >= 15 is 0 Å². The van der Waals surface area contributed by atoms with Crippen molar-refractivity contribution in [2.45, 2.75) is 0 Å². The van der Waals surface area contributed by atoms with E-state index in [9.17, 15) is 4.79 Å². The van der Waals surface area contributed by atoms with Gasteiger partial charge in [-0.25, -0.2) is 0 Å². The summed E-state index contributed by atoms with van der Waals surface area (Å²) in [5, 5.41) is 0.334. The lowest BCUT2D eigenvalue weighted by Gasteiger charge is -1.92. The van der Waals surface area contributed by atoms with Crippen molar-refractivity contribution in [2.24, 2.45) is 0 Å². The molecule has 0 unspecified atom stereocenters.